The van der Waals surface area contributed by atoms with Crippen molar-refractivity contribution in [1.29, 1.82) is 0 Å². The number of sulfonamides is 1. The monoisotopic (exact) mass is 430 g/mol. The number of nitrogens with one attached hydrogen (secondary N) is 1. The Bertz CT molecular complexity index is 1250. The third kappa shape index (κ3) is 4.87. The highest BCUT2D eigenvalue weighted by atomic mass is 32.2. The molecule has 0 aliphatic rings. The molecule has 0 saturated heterocycles. The highest BCUT2D eigenvalue weighted by Gasteiger charge is 2.13. The minimum Gasteiger partial charge on any atom is -0.483 e. The van der Waals surface area contributed by atoms with E-state index in [4.69, 9.17) is 14.3 Å². The Labute approximate surface area is 173 Å². The number of hydrogen-bond acceptors (Lipinski definition) is 6. The molecule has 0 aliphatic carbocycles. The second kappa shape index (κ2) is 8.68. The summed E-state index contributed by atoms with van der Waals surface area (Å²) in [6.07, 6.45) is 1.66. The molecule has 8 nitrogen and oxygen atoms in total. The van der Waals surface area contributed by atoms with Gasteiger partial charge < -0.3 is 14.5 Å². The Hall–Kier alpha value is -3.17. The summed E-state index contributed by atoms with van der Waals surface area (Å²) >= 11 is 0. The highest BCUT2D eigenvalue weighted by molar-refractivity contribution is 7.89. The summed E-state index contributed by atoms with van der Waals surface area (Å²) in [6.45, 7) is 3.52. The number of aryl methyl sites for hydroxylation is 2. The fraction of sp³-hybridized carbons (Fsp3) is 0.238. The van der Waals surface area contributed by atoms with Crippen molar-refractivity contribution in [3.63, 3.8) is 0 Å². The van der Waals surface area contributed by atoms with Crippen molar-refractivity contribution < 1.29 is 22.4 Å². The van der Waals surface area contributed by atoms with Gasteiger partial charge in [-0.05, 0) is 55.3 Å². The largest absolute Gasteiger partial charge is 0.483 e. The van der Waals surface area contributed by atoms with E-state index in [0.717, 1.165) is 23.8 Å². The van der Waals surface area contributed by atoms with Gasteiger partial charge in [0, 0.05) is 22.7 Å². The molecule has 3 N–H and O–H groups in total. The summed E-state index contributed by atoms with van der Waals surface area (Å²) in [4.78, 5) is 24.0. The first-order chi connectivity index (χ1) is 14.2. The Kier molecular flexibility index (Phi) is 6.23. The Morgan fingerprint density at radius 3 is 2.50 bits per heavy atom. The summed E-state index contributed by atoms with van der Waals surface area (Å²) in [6, 6.07) is 10.5. The van der Waals surface area contributed by atoms with E-state index in [2.05, 4.69) is 5.32 Å². The number of nitrogens with two attached hydrogens (primary N) is 1. The van der Waals surface area contributed by atoms with Gasteiger partial charge in [-0.25, -0.2) is 18.4 Å². The molecular formula is C21H22N2O6S. The Morgan fingerprint density at radius 2 is 1.87 bits per heavy atom. The number of carbonyl (C=O) groups is 1. The first-order valence-electron chi connectivity index (χ1n) is 9.31. The minimum absolute atomic E-state index is 0.0486. The predicted octanol–water partition coefficient (Wildman–Crippen LogP) is 2.72. The van der Waals surface area contributed by atoms with Gasteiger partial charge in [-0.1, -0.05) is 13.3 Å². The fourth-order valence-corrected chi connectivity index (χ4v) is 3.62. The zero-order chi connectivity index (χ0) is 21.9. The third-order valence-corrected chi connectivity index (χ3v) is 5.47. The van der Waals surface area contributed by atoms with Gasteiger partial charge in [0.1, 0.15) is 11.3 Å². The van der Waals surface area contributed by atoms with Gasteiger partial charge >= 0.3 is 5.63 Å². The lowest BCUT2D eigenvalue weighted by molar-refractivity contribution is -0.118. The number of carbonyl (C=O) groups excluding carboxylic acids is 1. The van der Waals surface area contributed by atoms with Gasteiger partial charge in [0.15, 0.2) is 6.61 Å². The Morgan fingerprint density at radius 1 is 1.17 bits per heavy atom. The van der Waals surface area contributed by atoms with Gasteiger partial charge in [-0.3, -0.25) is 4.79 Å². The van der Waals surface area contributed by atoms with Crippen LogP contribution in [0, 0.1) is 6.92 Å². The lowest BCUT2D eigenvalue weighted by Gasteiger charge is -2.12. The average molecular weight is 430 g/mol. The maximum atomic E-state index is 12.2. The maximum Gasteiger partial charge on any atom is 0.336 e. The van der Waals surface area contributed by atoms with Crippen molar-refractivity contribution in [3.8, 4) is 5.75 Å². The first kappa shape index (κ1) is 21.5. The van der Waals surface area contributed by atoms with E-state index >= 15 is 0 Å². The van der Waals surface area contributed by atoms with Gasteiger partial charge in [0.25, 0.3) is 5.91 Å². The molecular weight excluding hydrogens is 408 g/mol. The molecule has 30 heavy (non-hydrogen) atoms. The molecule has 0 aliphatic heterocycles. The fourth-order valence-electron chi connectivity index (χ4n) is 3.11. The van der Waals surface area contributed by atoms with E-state index in [0.29, 0.717) is 22.6 Å². The van der Waals surface area contributed by atoms with E-state index in [9.17, 15) is 18.0 Å². The lowest BCUT2D eigenvalue weighted by Crippen LogP contribution is -2.20. The van der Waals surface area contributed by atoms with Crippen molar-refractivity contribution in [2.45, 2.75) is 31.6 Å². The summed E-state index contributed by atoms with van der Waals surface area (Å²) in [5, 5.41) is 8.50. The van der Waals surface area contributed by atoms with Gasteiger partial charge in [0.05, 0.1) is 4.90 Å². The number of primary sulfonamides is 1. The minimum atomic E-state index is -3.80. The standard InChI is InChI=1S/C21H22N2O6S/c1-3-4-14-11-20(25)29-21-13(2)18(10-9-17(14)21)28-12-19(24)23-15-5-7-16(8-6-15)30(22,26)27/h5-11H,3-4,12H2,1-2H3,(H,23,24)(H2,22,26,27). The summed E-state index contributed by atoms with van der Waals surface area (Å²) in [7, 11) is -3.80. The second-order valence-corrected chi connectivity index (χ2v) is 8.37. The highest BCUT2D eigenvalue weighted by Crippen LogP contribution is 2.29. The summed E-state index contributed by atoms with van der Waals surface area (Å²) in [5.41, 5.74) is 1.97. The van der Waals surface area contributed by atoms with E-state index < -0.39 is 21.6 Å². The number of fused-ring (bicyclic) bond motifs is 1. The van der Waals surface area contributed by atoms with Crippen LogP contribution in [0.3, 0.4) is 0 Å². The lowest BCUT2D eigenvalue weighted by atomic mass is 10.0. The van der Waals surface area contributed by atoms with Crippen molar-refractivity contribution in [3.05, 3.63) is 64.0 Å². The SMILES string of the molecule is CCCc1cc(=O)oc2c(C)c(OCC(=O)Nc3ccc(S(N)(=O)=O)cc3)ccc12. The van der Waals surface area contributed by atoms with Crippen LogP contribution in [0.15, 0.2) is 56.6 Å². The zero-order valence-corrected chi connectivity index (χ0v) is 17.4. The van der Waals surface area contributed by atoms with Crippen molar-refractivity contribution in [2.75, 3.05) is 11.9 Å². The molecule has 3 aromatic rings. The number of ether oxygens (including phenoxy) is 1. The molecule has 1 aromatic heterocycles. The molecule has 9 heteroatoms. The molecule has 0 saturated carbocycles. The topological polar surface area (TPSA) is 129 Å². The number of hydrogen-bond donors (Lipinski definition) is 2. The molecule has 1 heterocycles. The molecule has 2 aromatic carbocycles. The van der Waals surface area contributed by atoms with Crippen LogP contribution < -0.4 is 20.8 Å². The van der Waals surface area contributed by atoms with Crippen LogP contribution in [0.2, 0.25) is 0 Å². The number of amides is 1. The number of benzene rings is 2. The van der Waals surface area contributed by atoms with Gasteiger partial charge in [0.2, 0.25) is 10.0 Å². The third-order valence-electron chi connectivity index (χ3n) is 4.54. The zero-order valence-electron chi connectivity index (χ0n) is 16.6. The normalized spacial score (nSPS) is 11.4. The average Bonchev–Trinajstić information content (AvgIpc) is 2.68. The van der Waals surface area contributed by atoms with E-state index in [1.165, 1.54) is 30.3 Å². The van der Waals surface area contributed by atoms with Crippen LogP contribution in [0.1, 0.15) is 24.5 Å². The molecule has 1 amide bonds. The quantitative estimate of drug-likeness (QED) is 0.555. The molecule has 158 valence electrons. The van der Waals surface area contributed by atoms with Crippen LogP contribution in [-0.2, 0) is 21.2 Å². The molecule has 0 atom stereocenters. The van der Waals surface area contributed by atoms with E-state index in [-0.39, 0.29) is 11.5 Å². The van der Waals surface area contributed by atoms with Crippen molar-refractivity contribution in [2.24, 2.45) is 5.14 Å². The molecule has 3 rings (SSSR count). The molecule has 0 bridgehead atoms. The maximum absolute atomic E-state index is 12.2. The van der Waals surface area contributed by atoms with Crippen LogP contribution >= 0.6 is 0 Å². The molecule has 0 unspecified atom stereocenters. The summed E-state index contributed by atoms with van der Waals surface area (Å²) in [5.74, 6) is -0.00180. The number of anilines is 1. The van der Waals surface area contributed by atoms with Crippen LogP contribution in [0.25, 0.3) is 11.0 Å². The van der Waals surface area contributed by atoms with Gasteiger partial charge in [-0.2, -0.15) is 0 Å². The van der Waals surface area contributed by atoms with Crippen LogP contribution in [0.4, 0.5) is 5.69 Å². The first-order valence-corrected chi connectivity index (χ1v) is 10.9. The van der Waals surface area contributed by atoms with E-state index in [1.54, 1.807) is 13.0 Å². The van der Waals surface area contributed by atoms with Crippen LogP contribution in [-0.4, -0.2) is 20.9 Å². The number of rotatable bonds is 7. The molecule has 0 radical (unpaired) electrons. The smallest absolute Gasteiger partial charge is 0.336 e. The second-order valence-electron chi connectivity index (χ2n) is 6.81. The molecule has 0 spiro atoms. The van der Waals surface area contributed by atoms with Crippen molar-refractivity contribution >= 4 is 32.6 Å². The van der Waals surface area contributed by atoms with Crippen LogP contribution in [0.5, 0.6) is 5.75 Å². The van der Waals surface area contributed by atoms with E-state index in [1.807, 2.05) is 13.0 Å². The predicted molar refractivity (Wildman–Crippen MR) is 113 cm³/mol. The Balaban J connectivity index is 1.73. The summed E-state index contributed by atoms with van der Waals surface area (Å²) < 4.78 is 33.5. The van der Waals surface area contributed by atoms with Gasteiger partial charge in [-0.15, -0.1) is 0 Å². The van der Waals surface area contributed by atoms with Crippen molar-refractivity contribution in [1.82, 2.24) is 0 Å². The molecule has 0 fully saturated rings.